The van der Waals surface area contributed by atoms with E-state index >= 15 is 0 Å². The van der Waals surface area contributed by atoms with Crippen molar-refractivity contribution in [3.8, 4) is 5.75 Å². The lowest BCUT2D eigenvalue weighted by molar-refractivity contribution is -0.113. The second kappa shape index (κ2) is 5.87. The number of thioether (sulfide) groups is 1. The maximum atomic E-state index is 12.5. The molecule has 110 valence electrons. The Labute approximate surface area is 136 Å². The third kappa shape index (κ3) is 2.86. The van der Waals surface area contributed by atoms with Crippen molar-refractivity contribution in [1.82, 2.24) is 0 Å². The van der Waals surface area contributed by atoms with Crippen LogP contribution in [0.1, 0.15) is 5.56 Å². The summed E-state index contributed by atoms with van der Waals surface area (Å²) in [6.45, 7) is 0. The minimum atomic E-state index is -0.263. The highest BCUT2D eigenvalue weighted by atomic mass is 35.5. The topological polar surface area (TPSA) is 64.4 Å². The number of phenols is 1. The number of amidine groups is 1. The van der Waals surface area contributed by atoms with E-state index in [-0.39, 0.29) is 16.8 Å². The quantitative estimate of drug-likeness (QED) is 0.815. The van der Waals surface area contributed by atoms with Gasteiger partial charge in [0.2, 0.25) is 0 Å². The van der Waals surface area contributed by atoms with E-state index in [0.717, 1.165) is 11.8 Å². The number of hydrogen-bond donors (Lipinski definition) is 2. The van der Waals surface area contributed by atoms with E-state index in [1.807, 2.05) is 0 Å². The second-order valence-corrected chi connectivity index (χ2v) is 6.09. The van der Waals surface area contributed by atoms with E-state index in [0.29, 0.717) is 21.2 Å². The van der Waals surface area contributed by atoms with Crippen LogP contribution in [0.5, 0.6) is 5.75 Å². The zero-order chi connectivity index (χ0) is 15.7. The minimum Gasteiger partial charge on any atom is -0.508 e. The predicted molar refractivity (Wildman–Crippen MR) is 90.3 cm³/mol. The number of carbonyl (C=O) groups excluding carboxylic acids is 1. The molecule has 0 aromatic heterocycles. The van der Waals surface area contributed by atoms with Crippen molar-refractivity contribution in [2.24, 2.45) is 0 Å². The van der Waals surface area contributed by atoms with E-state index in [2.05, 4.69) is 0 Å². The lowest BCUT2D eigenvalue weighted by Gasteiger charge is -2.14. The van der Waals surface area contributed by atoms with E-state index in [4.69, 9.17) is 17.0 Å². The van der Waals surface area contributed by atoms with Crippen LogP contribution in [0.3, 0.4) is 0 Å². The Hall–Kier alpha value is -2.24. The molecule has 0 spiro atoms. The summed E-state index contributed by atoms with van der Waals surface area (Å²) >= 11 is 6.93. The van der Waals surface area contributed by atoms with E-state index in [9.17, 15) is 9.90 Å². The molecule has 0 atom stereocenters. The third-order valence-electron chi connectivity index (χ3n) is 3.08. The van der Waals surface area contributed by atoms with Crippen molar-refractivity contribution in [2.45, 2.75) is 0 Å². The maximum Gasteiger partial charge on any atom is 0.271 e. The van der Waals surface area contributed by atoms with Crippen molar-refractivity contribution in [3.63, 3.8) is 0 Å². The number of halogens is 1. The largest absolute Gasteiger partial charge is 0.508 e. The number of phenolic OH excluding ortho intramolecular Hbond substituents is 1. The number of hydrogen-bond acceptors (Lipinski definition) is 4. The van der Waals surface area contributed by atoms with Crippen LogP contribution in [0.2, 0.25) is 5.02 Å². The number of carbonyl (C=O) groups is 1. The third-order valence-corrected chi connectivity index (χ3v) is 4.22. The summed E-state index contributed by atoms with van der Waals surface area (Å²) in [6.07, 6.45) is 1.66. The fraction of sp³-hybridized carbons (Fsp3) is 0. The average molecular weight is 331 g/mol. The van der Waals surface area contributed by atoms with Crippen LogP contribution in [0, 0.1) is 5.41 Å². The fourth-order valence-corrected chi connectivity index (χ4v) is 3.07. The molecule has 0 bridgehead atoms. The molecule has 0 aliphatic carbocycles. The Morgan fingerprint density at radius 3 is 2.59 bits per heavy atom. The van der Waals surface area contributed by atoms with E-state index < -0.39 is 0 Å². The Morgan fingerprint density at radius 2 is 1.91 bits per heavy atom. The average Bonchev–Trinajstić information content (AvgIpc) is 2.75. The first-order valence-electron chi connectivity index (χ1n) is 6.42. The molecule has 1 fully saturated rings. The van der Waals surface area contributed by atoms with Gasteiger partial charge in [-0.05, 0) is 59.8 Å². The highest BCUT2D eigenvalue weighted by molar-refractivity contribution is 8.19. The highest BCUT2D eigenvalue weighted by Gasteiger charge is 2.33. The van der Waals surface area contributed by atoms with Crippen LogP contribution in [-0.4, -0.2) is 16.2 Å². The molecule has 4 nitrogen and oxygen atoms in total. The van der Waals surface area contributed by atoms with E-state index in [1.165, 1.54) is 4.90 Å². The van der Waals surface area contributed by atoms with Gasteiger partial charge < -0.3 is 5.11 Å². The number of nitrogens with one attached hydrogen (secondary N) is 1. The number of benzene rings is 2. The molecule has 6 heteroatoms. The molecular weight excluding hydrogens is 320 g/mol. The number of aromatic hydroxyl groups is 1. The Morgan fingerprint density at radius 1 is 1.18 bits per heavy atom. The molecule has 0 unspecified atom stereocenters. The number of nitrogens with zero attached hydrogens (tertiary/aromatic N) is 1. The first-order chi connectivity index (χ1) is 10.5. The van der Waals surface area contributed by atoms with Gasteiger partial charge in [-0.2, -0.15) is 0 Å². The molecular formula is C16H11ClN2O2S. The molecule has 1 heterocycles. The summed E-state index contributed by atoms with van der Waals surface area (Å²) in [4.78, 5) is 14.3. The van der Waals surface area contributed by atoms with E-state index in [1.54, 1.807) is 54.6 Å². The van der Waals surface area contributed by atoms with Crippen molar-refractivity contribution in [2.75, 3.05) is 4.90 Å². The number of anilines is 1. The fourth-order valence-electron chi connectivity index (χ4n) is 2.08. The predicted octanol–water partition coefficient (Wildman–Crippen LogP) is 4.10. The van der Waals surface area contributed by atoms with Crippen LogP contribution >= 0.6 is 23.4 Å². The number of amides is 1. The zero-order valence-corrected chi connectivity index (χ0v) is 12.9. The first kappa shape index (κ1) is 14.7. The van der Waals surface area contributed by atoms with Gasteiger partial charge in [0.05, 0.1) is 10.6 Å². The molecule has 2 N–H and O–H groups in total. The minimum absolute atomic E-state index is 0.134. The summed E-state index contributed by atoms with van der Waals surface area (Å²) in [5, 5.41) is 18.2. The van der Waals surface area contributed by atoms with Crippen LogP contribution in [0.4, 0.5) is 5.69 Å². The summed E-state index contributed by atoms with van der Waals surface area (Å²) in [6, 6.07) is 13.4. The standard InChI is InChI=1S/C16H11ClN2O2S/c17-11-4-6-12(7-5-11)19-15(21)14(22-16(19)18)9-10-2-1-3-13(20)8-10/h1-9,18,20H/b14-9-,18-16?. The normalized spacial score (nSPS) is 16.6. The second-order valence-electron chi connectivity index (χ2n) is 4.63. The maximum absolute atomic E-state index is 12.5. The molecule has 1 amide bonds. The molecule has 2 aromatic carbocycles. The van der Waals surface area contributed by atoms with Crippen LogP contribution < -0.4 is 4.90 Å². The van der Waals surface area contributed by atoms with Gasteiger partial charge in [-0.1, -0.05) is 23.7 Å². The van der Waals surface area contributed by atoms with Gasteiger partial charge >= 0.3 is 0 Å². The summed E-state index contributed by atoms with van der Waals surface area (Å²) in [5.74, 6) is -0.130. The first-order valence-corrected chi connectivity index (χ1v) is 7.61. The van der Waals surface area contributed by atoms with Gasteiger partial charge in [0.1, 0.15) is 5.75 Å². The molecule has 1 aliphatic rings. The lowest BCUT2D eigenvalue weighted by atomic mass is 10.2. The molecule has 0 radical (unpaired) electrons. The smallest absolute Gasteiger partial charge is 0.271 e. The molecule has 1 saturated heterocycles. The molecule has 1 aliphatic heterocycles. The SMILES string of the molecule is N=C1S/C(=C\c2cccc(O)c2)C(=O)N1c1ccc(Cl)cc1. The van der Waals surface area contributed by atoms with Crippen molar-refractivity contribution >= 4 is 46.2 Å². The molecule has 2 aromatic rings. The van der Waals surface area contributed by atoms with Gasteiger partial charge in [0.15, 0.2) is 5.17 Å². The van der Waals surface area contributed by atoms with Gasteiger partial charge in [-0.15, -0.1) is 0 Å². The Balaban J connectivity index is 1.93. The molecule has 3 rings (SSSR count). The molecule has 22 heavy (non-hydrogen) atoms. The zero-order valence-electron chi connectivity index (χ0n) is 11.3. The van der Waals surface area contributed by atoms with Crippen molar-refractivity contribution in [3.05, 3.63) is 64.0 Å². The lowest BCUT2D eigenvalue weighted by Crippen LogP contribution is -2.27. The number of rotatable bonds is 2. The monoisotopic (exact) mass is 330 g/mol. The Bertz CT molecular complexity index is 787. The van der Waals surface area contributed by atoms with Crippen LogP contribution in [0.25, 0.3) is 6.08 Å². The van der Waals surface area contributed by atoms with Crippen LogP contribution in [0.15, 0.2) is 53.4 Å². The van der Waals surface area contributed by atoms with Gasteiger partial charge in [-0.25, -0.2) is 0 Å². The Kier molecular flexibility index (Phi) is 3.92. The highest BCUT2D eigenvalue weighted by Crippen LogP contribution is 2.35. The van der Waals surface area contributed by atoms with Crippen molar-refractivity contribution < 1.29 is 9.90 Å². The summed E-state index contributed by atoms with van der Waals surface area (Å²) in [5.41, 5.74) is 1.31. The van der Waals surface area contributed by atoms with Crippen LogP contribution in [-0.2, 0) is 4.79 Å². The van der Waals surface area contributed by atoms with Gasteiger partial charge in [0.25, 0.3) is 5.91 Å². The molecule has 0 saturated carbocycles. The summed E-state index contributed by atoms with van der Waals surface area (Å²) in [7, 11) is 0. The summed E-state index contributed by atoms with van der Waals surface area (Å²) < 4.78 is 0. The van der Waals surface area contributed by atoms with Gasteiger partial charge in [0, 0.05) is 5.02 Å². The van der Waals surface area contributed by atoms with Crippen molar-refractivity contribution in [1.29, 1.82) is 5.41 Å². The van der Waals surface area contributed by atoms with Gasteiger partial charge in [-0.3, -0.25) is 15.1 Å².